The van der Waals surface area contributed by atoms with Crippen LogP contribution in [0.2, 0.25) is 0 Å². The van der Waals surface area contributed by atoms with Crippen molar-refractivity contribution in [1.29, 1.82) is 0 Å². The van der Waals surface area contributed by atoms with Crippen LogP contribution in [0.1, 0.15) is 25.7 Å². The molecule has 4 nitrogen and oxygen atoms in total. The summed E-state index contributed by atoms with van der Waals surface area (Å²) in [6.07, 6.45) is 4.10. The van der Waals surface area contributed by atoms with Gasteiger partial charge in [-0.3, -0.25) is 14.5 Å². The Bertz CT molecular complexity index is 395. The molecule has 1 N–H and O–H groups in total. The summed E-state index contributed by atoms with van der Waals surface area (Å²) in [4.78, 5) is 24.4. The lowest BCUT2D eigenvalue weighted by atomic mass is 10.2. The number of thioether (sulfide) groups is 1. The number of carbonyl (C=O) groups excluding carboxylic acids is 1. The molecule has 16 heavy (non-hydrogen) atoms. The number of hydrogen-bond donors (Lipinski definition) is 1. The van der Waals surface area contributed by atoms with Crippen LogP contribution in [0.3, 0.4) is 0 Å². The largest absolute Gasteiger partial charge is 0.480 e. The Morgan fingerprint density at radius 2 is 2.06 bits per heavy atom. The van der Waals surface area contributed by atoms with Gasteiger partial charge in [0, 0.05) is 0 Å². The topological polar surface area (TPSA) is 57.6 Å². The summed E-state index contributed by atoms with van der Waals surface area (Å²) < 4.78 is 0.363. The predicted molar refractivity (Wildman–Crippen MR) is 65.0 cm³/mol. The first-order chi connectivity index (χ1) is 7.59. The fourth-order valence-corrected chi connectivity index (χ4v) is 3.29. The van der Waals surface area contributed by atoms with Gasteiger partial charge >= 0.3 is 5.97 Å². The Morgan fingerprint density at radius 1 is 1.44 bits per heavy atom. The number of rotatable bonds is 2. The van der Waals surface area contributed by atoms with Crippen molar-refractivity contribution >= 4 is 40.2 Å². The monoisotopic (exact) mass is 257 g/mol. The highest BCUT2D eigenvalue weighted by Crippen LogP contribution is 2.38. The van der Waals surface area contributed by atoms with Gasteiger partial charge in [-0.2, -0.15) is 0 Å². The zero-order valence-electron chi connectivity index (χ0n) is 8.56. The molecule has 0 bridgehead atoms. The molecule has 0 aromatic heterocycles. The van der Waals surface area contributed by atoms with Gasteiger partial charge in [0.25, 0.3) is 5.91 Å². The van der Waals surface area contributed by atoms with Crippen LogP contribution in [0.4, 0.5) is 0 Å². The van der Waals surface area contributed by atoms with Crippen molar-refractivity contribution in [3.8, 4) is 0 Å². The van der Waals surface area contributed by atoms with Crippen molar-refractivity contribution in [1.82, 2.24) is 4.90 Å². The van der Waals surface area contributed by atoms with E-state index in [1.807, 2.05) is 0 Å². The van der Waals surface area contributed by atoms with E-state index >= 15 is 0 Å². The van der Waals surface area contributed by atoms with Crippen LogP contribution < -0.4 is 0 Å². The molecule has 0 aromatic rings. The van der Waals surface area contributed by atoms with Crippen LogP contribution in [0.25, 0.3) is 0 Å². The highest BCUT2D eigenvalue weighted by atomic mass is 32.2. The summed E-state index contributed by atoms with van der Waals surface area (Å²) in [6, 6.07) is 0. The lowest BCUT2D eigenvalue weighted by Crippen LogP contribution is -2.33. The third-order valence-electron chi connectivity index (χ3n) is 2.67. The lowest BCUT2D eigenvalue weighted by molar-refractivity contribution is -0.140. The van der Waals surface area contributed by atoms with Crippen LogP contribution in [-0.2, 0) is 9.59 Å². The van der Waals surface area contributed by atoms with Gasteiger partial charge in [0.15, 0.2) is 0 Å². The molecule has 0 atom stereocenters. The molecular formula is C10H11NO3S2. The van der Waals surface area contributed by atoms with Crippen molar-refractivity contribution in [3.05, 3.63) is 10.5 Å². The number of carbonyl (C=O) groups is 2. The van der Waals surface area contributed by atoms with Gasteiger partial charge in [-0.15, -0.1) is 0 Å². The molecule has 1 aliphatic heterocycles. The van der Waals surface area contributed by atoms with Crippen molar-refractivity contribution in [2.45, 2.75) is 25.7 Å². The van der Waals surface area contributed by atoms with E-state index in [0.717, 1.165) is 31.3 Å². The minimum Gasteiger partial charge on any atom is -0.480 e. The smallest absolute Gasteiger partial charge is 0.323 e. The first-order valence-corrected chi connectivity index (χ1v) is 6.29. The second-order valence-corrected chi connectivity index (χ2v) is 5.44. The van der Waals surface area contributed by atoms with Gasteiger partial charge < -0.3 is 5.11 Å². The quantitative estimate of drug-likeness (QED) is 0.603. The lowest BCUT2D eigenvalue weighted by Gasteiger charge is -2.10. The fraction of sp³-hybridized carbons (Fsp3) is 0.500. The van der Waals surface area contributed by atoms with E-state index in [0.29, 0.717) is 9.23 Å². The number of allylic oxidation sites excluding steroid dienone is 1. The first kappa shape index (κ1) is 11.6. The van der Waals surface area contributed by atoms with Gasteiger partial charge in [0.2, 0.25) is 0 Å². The molecule has 2 aliphatic rings. The summed E-state index contributed by atoms with van der Waals surface area (Å²) in [5, 5.41) is 8.68. The molecule has 1 heterocycles. The van der Waals surface area contributed by atoms with E-state index in [4.69, 9.17) is 17.3 Å². The molecule has 1 aliphatic carbocycles. The third kappa shape index (κ3) is 2.12. The van der Waals surface area contributed by atoms with Gasteiger partial charge in [-0.25, -0.2) is 0 Å². The van der Waals surface area contributed by atoms with Crippen molar-refractivity contribution < 1.29 is 14.7 Å². The average molecular weight is 257 g/mol. The van der Waals surface area contributed by atoms with Gasteiger partial charge in [-0.1, -0.05) is 29.6 Å². The summed E-state index contributed by atoms with van der Waals surface area (Å²) in [5.74, 6) is -1.26. The minimum atomic E-state index is -1.03. The highest BCUT2D eigenvalue weighted by molar-refractivity contribution is 8.26. The normalized spacial score (nSPS) is 21.1. The van der Waals surface area contributed by atoms with E-state index < -0.39 is 5.97 Å². The minimum absolute atomic E-state index is 0.227. The summed E-state index contributed by atoms with van der Waals surface area (Å²) >= 11 is 6.26. The van der Waals surface area contributed by atoms with Gasteiger partial charge in [0.05, 0.1) is 4.91 Å². The number of hydrogen-bond acceptors (Lipinski definition) is 4. The van der Waals surface area contributed by atoms with Crippen molar-refractivity contribution in [3.63, 3.8) is 0 Å². The van der Waals surface area contributed by atoms with Crippen LogP contribution in [0.5, 0.6) is 0 Å². The van der Waals surface area contributed by atoms with Crippen LogP contribution in [0.15, 0.2) is 10.5 Å². The molecular weight excluding hydrogens is 246 g/mol. The fourth-order valence-electron chi connectivity index (χ4n) is 1.92. The number of carboxylic acid groups (broad SMARTS) is 1. The summed E-state index contributed by atoms with van der Waals surface area (Å²) in [6.45, 7) is -0.332. The highest BCUT2D eigenvalue weighted by Gasteiger charge is 2.35. The molecule has 86 valence electrons. The Balaban J connectivity index is 2.21. The van der Waals surface area contributed by atoms with Crippen LogP contribution in [-0.4, -0.2) is 32.7 Å². The molecule has 0 unspecified atom stereocenters. The van der Waals surface area contributed by atoms with E-state index in [1.54, 1.807) is 0 Å². The number of nitrogens with zero attached hydrogens (tertiary/aromatic N) is 1. The van der Waals surface area contributed by atoms with E-state index in [9.17, 15) is 9.59 Å². The van der Waals surface area contributed by atoms with E-state index in [2.05, 4.69) is 0 Å². The first-order valence-electron chi connectivity index (χ1n) is 5.07. The third-order valence-corrected chi connectivity index (χ3v) is 4.20. The number of amides is 1. The van der Waals surface area contributed by atoms with Crippen molar-refractivity contribution in [2.75, 3.05) is 6.54 Å². The van der Waals surface area contributed by atoms with Crippen LogP contribution >= 0.6 is 24.0 Å². The second-order valence-electron chi connectivity index (χ2n) is 3.79. The molecule has 1 saturated heterocycles. The number of carboxylic acids is 1. The Morgan fingerprint density at radius 3 is 2.62 bits per heavy atom. The molecule has 1 saturated carbocycles. The van der Waals surface area contributed by atoms with E-state index in [1.165, 1.54) is 16.7 Å². The maximum Gasteiger partial charge on any atom is 0.323 e. The van der Waals surface area contributed by atoms with Gasteiger partial charge in [0.1, 0.15) is 10.9 Å². The molecule has 6 heteroatoms. The Kier molecular flexibility index (Phi) is 3.30. The molecule has 2 fully saturated rings. The predicted octanol–water partition coefficient (Wildman–Crippen LogP) is 1.76. The van der Waals surface area contributed by atoms with E-state index in [-0.39, 0.29) is 12.5 Å². The summed E-state index contributed by atoms with van der Waals surface area (Å²) in [7, 11) is 0. The van der Waals surface area contributed by atoms with Crippen LogP contribution in [0, 0.1) is 0 Å². The molecule has 0 aromatic carbocycles. The Labute approximate surface area is 103 Å². The number of thiocarbonyl (C=S) groups is 1. The van der Waals surface area contributed by atoms with Crippen molar-refractivity contribution in [2.24, 2.45) is 0 Å². The molecule has 0 spiro atoms. The standard InChI is InChI=1S/C10H11NO3S2/c12-7(13)5-11-9(14)8(16-10(11)15)6-3-1-2-4-6/h1-5H2,(H,12,13). The second kappa shape index (κ2) is 4.55. The average Bonchev–Trinajstić information content (AvgIpc) is 2.80. The zero-order chi connectivity index (χ0) is 11.7. The zero-order valence-corrected chi connectivity index (χ0v) is 10.2. The Hall–Kier alpha value is -0.880. The van der Waals surface area contributed by atoms with Gasteiger partial charge in [-0.05, 0) is 25.7 Å². The maximum absolute atomic E-state index is 11.9. The SMILES string of the molecule is O=C(O)CN1C(=O)C(=C2CCCC2)SC1=S. The molecule has 0 radical (unpaired) electrons. The summed E-state index contributed by atoms with van der Waals surface area (Å²) in [5.41, 5.74) is 1.14. The molecule has 2 rings (SSSR count). The maximum atomic E-state index is 11.9. The molecule has 1 amide bonds. The number of aliphatic carboxylic acids is 1.